The second-order valence-corrected chi connectivity index (χ2v) is 5.10. The smallest absolute Gasteiger partial charge is 0.317 e. The molecule has 1 aromatic rings. The summed E-state index contributed by atoms with van der Waals surface area (Å²) in [6.45, 7) is 0. The maximum Gasteiger partial charge on any atom is 0.317 e. The van der Waals surface area contributed by atoms with E-state index in [0.29, 0.717) is 5.92 Å². The van der Waals surface area contributed by atoms with Gasteiger partial charge in [-0.25, -0.2) is 0 Å². The molecule has 0 spiro atoms. The minimum Gasteiger partial charge on any atom is -0.497 e. The molecule has 1 N–H and O–H groups in total. The normalized spacial score (nSPS) is 16.8. The molecule has 16 heavy (non-hydrogen) atoms. The van der Waals surface area contributed by atoms with Gasteiger partial charge in [0, 0.05) is 4.90 Å². The molecule has 0 aromatic heterocycles. The number of hydrogen-bond donors (Lipinski definition) is 1. The van der Waals surface area contributed by atoms with Gasteiger partial charge >= 0.3 is 5.97 Å². The van der Waals surface area contributed by atoms with Crippen molar-refractivity contribution in [3.63, 3.8) is 0 Å². The van der Waals surface area contributed by atoms with E-state index >= 15 is 0 Å². The Morgan fingerprint density at radius 1 is 1.44 bits per heavy atom. The molecule has 0 radical (unpaired) electrons. The Bertz CT molecular complexity index is 370. The highest BCUT2D eigenvalue weighted by Gasteiger charge is 2.36. The second-order valence-electron chi connectivity index (χ2n) is 3.89. The van der Waals surface area contributed by atoms with Crippen LogP contribution < -0.4 is 4.74 Å². The summed E-state index contributed by atoms with van der Waals surface area (Å²) >= 11 is 1.43. The van der Waals surface area contributed by atoms with Crippen LogP contribution in [0.1, 0.15) is 12.8 Å². The van der Waals surface area contributed by atoms with Crippen LogP contribution in [0.15, 0.2) is 29.2 Å². The van der Waals surface area contributed by atoms with Crippen LogP contribution in [0.25, 0.3) is 0 Å². The third-order valence-corrected chi connectivity index (χ3v) is 4.00. The van der Waals surface area contributed by atoms with Crippen molar-refractivity contribution >= 4 is 17.7 Å². The zero-order valence-electron chi connectivity index (χ0n) is 9.05. The number of rotatable bonds is 5. The molecule has 1 saturated carbocycles. The summed E-state index contributed by atoms with van der Waals surface area (Å²) in [5.41, 5.74) is 0. The monoisotopic (exact) mass is 238 g/mol. The highest BCUT2D eigenvalue weighted by molar-refractivity contribution is 8.00. The predicted molar refractivity (Wildman–Crippen MR) is 63.0 cm³/mol. The van der Waals surface area contributed by atoms with E-state index in [4.69, 9.17) is 9.84 Å². The number of carbonyl (C=O) groups is 1. The molecule has 0 amide bonds. The summed E-state index contributed by atoms with van der Waals surface area (Å²) in [6.07, 6.45) is 2.08. The molecule has 1 aromatic carbocycles. The maximum absolute atomic E-state index is 11.1. The number of methoxy groups -OCH3 is 1. The number of carboxylic acid groups (broad SMARTS) is 1. The zero-order valence-corrected chi connectivity index (χ0v) is 9.87. The maximum atomic E-state index is 11.1. The predicted octanol–water partition coefficient (Wildman–Crippen LogP) is 2.65. The summed E-state index contributed by atoms with van der Waals surface area (Å²) in [6, 6.07) is 7.52. The summed E-state index contributed by atoms with van der Waals surface area (Å²) < 4.78 is 5.06. The van der Waals surface area contributed by atoms with E-state index < -0.39 is 5.97 Å². The summed E-state index contributed by atoms with van der Waals surface area (Å²) in [4.78, 5) is 12.0. The van der Waals surface area contributed by atoms with Gasteiger partial charge in [0.05, 0.1) is 7.11 Å². The molecule has 1 fully saturated rings. The Morgan fingerprint density at radius 3 is 2.50 bits per heavy atom. The molecule has 1 atom stereocenters. The summed E-state index contributed by atoms with van der Waals surface area (Å²) in [5.74, 6) is 0.440. The lowest BCUT2D eigenvalue weighted by Crippen LogP contribution is -2.18. The van der Waals surface area contributed by atoms with Gasteiger partial charge in [0.2, 0.25) is 0 Å². The molecule has 3 nitrogen and oxygen atoms in total. The highest BCUT2D eigenvalue weighted by Crippen LogP contribution is 2.41. The molecule has 1 aliphatic rings. The largest absolute Gasteiger partial charge is 0.497 e. The van der Waals surface area contributed by atoms with Crippen molar-refractivity contribution in [2.24, 2.45) is 5.92 Å². The SMILES string of the molecule is COc1ccc(SC(C(=O)O)C2CC2)cc1. The quantitative estimate of drug-likeness (QED) is 0.801. The molecule has 86 valence electrons. The number of carboxylic acids is 1. The minimum atomic E-state index is -0.705. The lowest BCUT2D eigenvalue weighted by atomic mass is 10.3. The average molecular weight is 238 g/mol. The van der Waals surface area contributed by atoms with Crippen LogP contribution in [-0.2, 0) is 4.79 Å². The van der Waals surface area contributed by atoms with Crippen LogP contribution in [0.5, 0.6) is 5.75 Å². The van der Waals surface area contributed by atoms with E-state index in [1.165, 1.54) is 11.8 Å². The fourth-order valence-corrected chi connectivity index (χ4v) is 2.70. The summed E-state index contributed by atoms with van der Waals surface area (Å²) in [5, 5.41) is 8.80. The number of thioether (sulfide) groups is 1. The van der Waals surface area contributed by atoms with E-state index in [1.54, 1.807) is 7.11 Å². The number of hydrogen-bond acceptors (Lipinski definition) is 3. The molecular formula is C12H14O3S. The minimum absolute atomic E-state index is 0.298. The first-order valence-corrected chi connectivity index (χ1v) is 6.12. The highest BCUT2D eigenvalue weighted by atomic mass is 32.2. The van der Waals surface area contributed by atoms with Crippen molar-refractivity contribution in [3.8, 4) is 5.75 Å². The van der Waals surface area contributed by atoms with Gasteiger partial charge in [-0.15, -0.1) is 11.8 Å². The first kappa shape index (κ1) is 11.3. The fraction of sp³-hybridized carbons (Fsp3) is 0.417. The number of ether oxygens (including phenoxy) is 1. The van der Waals surface area contributed by atoms with Crippen LogP contribution in [-0.4, -0.2) is 23.4 Å². The van der Waals surface area contributed by atoms with Gasteiger partial charge in [-0.1, -0.05) is 0 Å². The number of benzene rings is 1. The first-order valence-electron chi connectivity index (χ1n) is 5.24. The van der Waals surface area contributed by atoms with Crippen molar-refractivity contribution in [3.05, 3.63) is 24.3 Å². The Hall–Kier alpha value is -1.16. The van der Waals surface area contributed by atoms with Crippen LogP contribution in [0, 0.1) is 5.92 Å². The van der Waals surface area contributed by atoms with Gasteiger partial charge in [-0.3, -0.25) is 4.79 Å². The molecule has 4 heteroatoms. The van der Waals surface area contributed by atoms with Crippen molar-refractivity contribution < 1.29 is 14.6 Å². The van der Waals surface area contributed by atoms with E-state index in [2.05, 4.69) is 0 Å². The molecule has 0 saturated heterocycles. The van der Waals surface area contributed by atoms with Crippen LogP contribution in [0.2, 0.25) is 0 Å². The van der Waals surface area contributed by atoms with E-state index in [1.807, 2.05) is 24.3 Å². The lowest BCUT2D eigenvalue weighted by molar-refractivity contribution is -0.136. The second kappa shape index (κ2) is 4.78. The fourth-order valence-electron chi connectivity index (χ4n) is 1.55. The topological polar surface area (TPSA) is 46.5 Å². The van der Waals surface area contributed by atoms with E-state index in [-0.39, 0.29) is 5.25 Å². The van der Waals surface area contributed by atoms with Crippen LogP contribution >= 0.6 is 11.8 Å². The molecule has 0 aliphatic heterocycles. The zero-order chi connectivity index (χ0) is 11.5. The van der Waals surface area contributed by atoms with Crippen molar-refractivity contribution in [2.45, 2.75) is 23.0 Å². The van der Waals surface area contributed by atoms with E-state index in [9.17, 15) is 4.79 Å². The Morgan fingerprint density at radius 2 is 2.06 bits per heavy atom. The van der Waals surface area contributed by atoms with Gasteiger partial charge in [0.25, 0.3) is 0 Å². The molecule has 0 bridgehead atoms. The Kier molecular flexibility index (Phi) is 3.39. The van der Waals surface area contributed by atoms with Gasteiger partial charge in [0.1, 0.15) is 11.0 Å². The third-order valence-electron chi connectivity index (χ3n) is 2.62. The van der Waals surface area contributed by atoms with Crippen molar-refractivity contribution in [1.82, 2.24) is 0 Å². The van der Waals surface area contributed by atoms with Gasteiger partial charge in [-0.2, -0.15) is 0 Å². The first-order chi connectivity index (χ1) is 7.70. The number of aliphatic carboxylic acids is 1. The van der Waals surface area contributed by atoms with Crippen LogP contribution in [0.3, 0.4) is 0 Å². The van der Waals surface area contributed by atoms with E-state index in [0.717, 1.165) is 23.5 Å². The lowest BCUT2D eigenvalue weighted by Gasteiger charge is -2.10. The van der Waals surface area contributed by atoms with Gasteiger partial charge < -0.3 is 9.84 Å². The Labute approximate surface area is 98.8 Å². The third kappa shape index (κ3) is 2.70. The average Bonchev–Trinajstić information content (AvgIpc) is 3.10. The van der Waals surface area contributed by atoms with Gasteiger partial charge in [-0.05, 0) is 43.0 Å². The van der Waals surface area contributed by atoms with Crippen LogP contribution in [0.4, 0.5) is 0 Å². The molecule has 1 unspecified atom stereocenters. The molecule has 2 rings (SSSR count). The molecule has 0 heterocycles. The Balaban J connectivity index is 2.03. The molecular weight excluding hydrogens is 224 g/mol. The van der Waals surface area contributed by atoms with Gasteiger partial charge in [0.15, 0.2) is 0 Å². The molecule has 1 aliphatic carbocycles. The summed E-state index contributed by atoms with van der Waals surface area (Å²) in [7, 11) is 1.62. The standard InChI is InChI=1S/C12H14O3S/c1-15-9-4-6-10(7-5-9)16-11(12(13)14)8-2-3-8/h4-8,11H,2-3H2,1H3,(H,13,14). The van der Waals surface area contributed by atoms with Crippen molar-refractivity contribution in [1.29, 1.82) is 0 Å². The van der Waals surface area contributed by atoms with Crippen molar-refractivity contribution in [2.75, 3.05) is 7.11 Å².